The largest absolute Gasteiger partial charge is 0.491 e. The van der Waals surface area contributed by atoms with E-state index >= 15 is 0 Å². The van der Waals surface area contributed by atoms with Crippen LogP contribution in [0, 0.1) is 12.7 Å². The van der Waals surface area contributed by atoms with Crippen molar-refractivity contribution in [3.63, 3.8) is 0 Å². The molecule has 6 heterocycles. The third kappa shape index (κ3) is 4.78. The molecule has 0 spiro atoms. The van der Waals surface area contributed by atoms with E-state index in [4.69, 9.17) is 14.1 Å². The Bertz CT molecular complexity index is 1970. The molecule has 0 unspecified atom stereocenters. The molecule has 3 aromatic heterocycles. The van der Waals surface area contributed by atoms with Crippen LogP contribution in [-0.4, -0.2) is 45.0 Å². The normalized spacial score (nSPS) is 18.1. The van der Waals surface area contributed by atoms with Gasteiger partial charge < -0.3 is 19.4 Å². The molecule has 1 saturated heterocycles. The maximum absolute atomic E-state index is 14.0. The fourth-order valence-corrected chi connectivity index (χ4v) is 7.59. The van der Waals surface area contributed by atoms with Crippen molar-refractivity contribution in [2.24, 2.45) is 0 Å². The molecule has 1 N–H and O–H groups in total. The Morgan fingerprint density at radius 1 is 1.04 bits per heavy atom. The SMILES string of the molecule is Cc1nnc(-c2c(CCc3ccc(F)cc3)nc3c(c2-c2ccc(C(=O)N[C@H]4COc5ccccc54)s2)C(=O)N2CCC[C@@H]32)o1. The van der Waals surface area contributed by atoms with Gasteiger partial charge in [0, 0.05) is 29.5 Å². The first-order valence-electron chi connectivity index (χ1n) is 15.0. The molecule has 2 amide bonds. The van der Waals surface area contributed by atoms with Gasteiger partial charge in [0.2, 0.25) is 11.8 Å². The van der Waals surface area contributed by atoms with Gasteiger partial charge in [0.05, 0.1) is 39.5 Å². The molecule has 45 heavy (non-hydrogen) atoms. The number of aryl methyl sites for hydroxylation is 3. The molecule has 8 rings (SSSR count). The van der Waals surface area contributed by atoms with Gasteiger partial charge in [-0.25, -0.2) is 4.39 Å². The predicted molar refractivity (Wildman–Crippen MR) is 165 cm³/mol. The summed E-state index contributed by atoms with van der Waals surface area (Å²) in [6.45, 7) is 2.75. The van der Waals surface area contributed by atoms with Crippen molar-refractivity contribution in [2.45, 2.75) is 44.7 Å². The first kappa shape index (κ1) is 27.6. The summed E-state index contributed by atoms with van der Waals surface area (Å²) in [6, 6.07) is 17.4. The molecule has 1 fully saturated rings. The average molecular weight is 622 g/mol. The number of para-hydroxylation sites is 1. The molecule has 0 radical (unpaired) electrons. The summed E-state index contributed by atoms with van der Waals surface area (Å²) in [5.74, 6) is 0.844. The Labute approximate surface area is 262 Å². The lowest BCUT2D eigenvalue weighted by Gasteiger charge is -2.16. The van der Waals surface area contributed by atoms with Gasteiger partial charge in [-0.3, -0.25) is 14.6 Å². The predicted octanol–water partition coefficient (Wildman–Crippen LogP) is 6.25. The lowest BCUT2D eigenvalue weighted by Crippen LogP contribution is -2.28. The van der Waals surface area contributed by atoms with Crippen molar-refractivity contribution in [3.8, 4) is 27.6 Å². The van der Waals surface area contributed by atoms with Crippen molar-refractivity contribution in [1.82, 2.24) is 25.4 Å². The van der Waals surface area contributed by atoms with Crippen LogP contribution >= 0.6 is 11.3 Å². The Morgan fingerprint density at radius 3 is 2.71 bits per heavy atom. The molecule has 3 aliphatic heterocycles. The van der Waals surface area contributed by atoms with Crippen LogP contribution in [0.3, 0.4) is 0 Å². The highest BCUT2D eigenvalue weighted by molar-refractivity contribution is 7.17. The summed E-state index contributed by atoms with van der Waals surface area (Å²) in [5, 5.41) is 11.6. The van der Waals surface area contributed by atoms with Crippen molar-refractivity contribution in [2.75, 3.05) is 13.2 Å². The van der Waals surface area contributed by atoms with E-state index in [1.165, 1.54) is 23.5 Å². The molecule has 9 nitrogen and oxygen atoms in total. The monoisotopic (exact) mass is 621 g/mol. The average Bonchev–Trinajstić information content (AvgIpc) is 3.88. The van der Waals surface area contributed by atoms with Crippen LogP contribution in [0.1, 0.15) is 73.4 Å². The minimum atomic E-state index is -0.291. The number of hydrogen-bond donors (Lipinski definition) is 1. The Hall–Kier alpha value is -4.90. The quantitative estimate of drug-likeness (QED) is 0.229. The van der Waals surface area contributed by atoms with Gasteiger partial charge in [0.1, 0.15) is 18.2 Å². The van der Waals surface area contributed by atoms with E-state index in [0.29, 0.717) is 53.5 Å². The zero-order chi connectivity index (χ0) is 30.7. The smallest absolute Gasteiger partial charge is 0.261 e. The number of ether oxygens (including phenoxy) is 1. The van der Waals surface area contributed by atoms with Gasteiger partial charge in [-0.05, 0) is 61.6 Å². The summed E-state index contributed by atoms with van der Waals surface area (Å²) >= 11 is 1.31. The molecule has 0 saturated carbocycles. The van der Waals surface area contributed by atoms with Crippen LogP contribution in [0.5, 0.6) is 5.75 Å². The Balaban J connectivity index is 1.23. The van der Waals surface area contributed by atoms with E-state index in [1.807, 2.05) is 35.2 Å². The van der Waals surface area contributed by atoms with E-state index in [0.717, 1.165) is 46.0 Å². The summed E-state index contributed by atoms with van der Waals surface area (Å²) in [7, 11) is 0. The van der Waals surface area contributed by atoms with Crippen LogP contribution in [0.4, 0.5) is 4.39 Å². The number of amides is 2. The third-order valence-corrected chi connectivity index (χ3v) is 9.83. The van der Waals surface area contributed by atoms with Crippen LogP contribution in [-0.2, 0) is 12.8 Å². The number of pyridine rings is 1. The van der Waals surface area contributed by atoms with Crippen molar-refractivity contribution >= 4 is 23.2 Å². The number of halogens is 1. The second-order valence-corrected chi connectivity index (χ2v) is 12.6. The van der Waals surface area contributed by atoms with Gasteiger partial charge in [0.25, 0.3) is 11.8 Å². The maximum Gasteiger partial charge on any atom is 0.261 e. The molecule has 2 aromatic carbocycles. The molecular formula is C34H28FN5O4S. The van der Waals surface area contributed by atoms with Crippen LogP contribution < -0.4 is 10.1 Å². The van der Waals surface area contributed by atoms with Gasteiger partial charge in [0.15, 0.2) is 0 Å². The summed E-state index contributed by atoms with van der Waals surface area (Å²) in [6.07, 6.45) is 2.85. The number of carbonyl (C=O) groups is 2. The summed E-state index contributed by atoms with van der Waals surface area (Å²) < 4.78 is 25.4. The van der Waals surface area contributed by atoms with Crippen LogP contribution in [0.2, 0.25) is 0 Å². The minimum absolute atomic E-state index is 0.0725. The van der Waals surface area contributed by atoms with Gasteiger partial charge in [-0.1, -0.05) is 30.3 Å². The van der Waals surface area contributed by atoms with Crippen LogP contribution in [0.25, 0.3) is 21.9 Å². The zero-order valence-electron chi connectivity index (χ0n) is 24.4. The van der Waals surface area contributed by atoms with Gasteiger partial charge >= 0.3 is 0 Å². The van der Waals surface area contributed by atoms with E-state index in [1.54, 1.807) is 25.1 Å². The van der Waals surface area contributed by atoms with Crippen molar-refractivity contribution in [3.05, 3.63) is 105 Å². The number of fused-ring (bicyclic) bond motifs is 4. The standard InChI is InChI=1S/C34H28FN5O4S/c1-18-38-39-33(44-18)28-22(13-10-19-8-11-20(35)12-9-19)36-31-24-6-4-16-40(24)34(42)30(31)29(28)26-14-15-27(45-26)32(41)37-23-17-43-25-7-3-2-5-21(23)25/h2-3,5,7-9,11-12,14-15,23-24H,4,6,10,13,16-17H2,1H3,(H,37,41)/t23-,24-/m0/s1. The van der Waals surface area contributed by atoms with E-state index in [9.17, 15) is 14.0 Å². The Morgan fingerprint density at radius 2 is 1.89 bits per heavy atom. The highest BCUT2D eigenvalue weighted by Crippen LogP contribution is 2.49. The second-order valence-electron chi connectivity index (χ2n) is 11.5. The topological polar surface area (TPSA) is 110 Å². The molecule has 3 aliphatic rings. The molecule has 226 valence electrons. The number of carbonyl (C=O) groups excluding carboxylic acids is 2. The first-order valence-corrected chi connectivity index (χ1v) is 15.8. The van der Waals surface area contributed by atoms with Gasteiger partial charge in [-0.15, -0.1) is 21.5 Å². The number of hydrogen-bond acceptors (Lipinski definition) is 8. The number of thiophene rings is 1. The highest BCUT2D eigenvalue weighted by Gasteiger charge is 2.45. The lowest BCUT2D eigenvalue weighted by atomic mass is 9.93. The van der Waals surface area contributed by atoms with E-state index in [2.05, 4.69) is 15.5 Å². The Kier molecular flexibility index (Phi) is 6.71. The number of nitrogens with zero attached hydrogens (tertiary/aromatic N) is 4. The maximum atomic E-state index is 14.0. The fraction of sp³-hybridized carbons (Fsp3) is 0.265. The van der Waals surface area contributed by atoms with E-state index in [-0.39, 0.29) is 35.6 Å². The third-order valence-electron chi connectivity index (χ3n) is 8.73. The summed E-state index contributed by atoms with van der Waals surface area (Å²) in [4.78, 5) is 35.7. The first-order chi connectivity index (χ1) is 21.9. The van der Waals surface area contributed by atoms with Crippen molar-refractivity contribution < 1.29 is 23.1 Å². The number of rotatable bonds is 7. The number of aromatic nitrogens is 3. The number of nitrogens with one attached hydrogen (secondary N) is 1. The molecule has 5 aromatic rings. The zero-order valence-corrected chi connectivity index (χ0v) is 25.2. The highest BCUT2D eigenvalue weighted by atomic mass is 32.1. The van der Waals surface area contributed by atoms with Crippen molar-refractivity contribution in [1.29, 1.82) is 0 Å². The molecule has 2 atom stereocenters. The molecule has 0 aliphatic carbocycles. The number of benzene rings is 2. The van der Waals surface area contributed by atoms with Gasteiger partial charge in [-0.2, -0.15) is 0 Å². The molecule has 0 bridgehead atoms. The van der Waals surface area contributed by atoms with Crippen LogP contribution in [0.15, 0.2) is 65.1 Å². The lowest BCUT2D eigenvalue weighted by molar-refractivity contribution is 0.0776. The summed E-state index contributed by atoms with van der Waals surface area (Å²) in [5.41, 5.74) is 5.16. The minimum Gasteiger partial charge on any atom is -0.491 e. The molecular weight excluding hydrogens is 593 g/mol. The molecule has 11 heteroatoms. The second kappa shape index (κ2) is 10.9. The fourth-order valence-electron chi connectivity index (χ4n) is 6.62. The van der Waals surface area contributed by atoms with E-state index < -0.39 is 0 Å².